The first-order valence-corrected chi connectivity index (χ1v) is 11.2. The van der Waals surface area contributed by atoms with E-state index < -0.39 is 9.84 Å². The highest BCUT2D eigenvalue weighted by Crippen LogP contribution is 2.21. The molecule has 0 atom stereocenters. The number of nitrogens with zero attached hydrogens (tertiary/aromatic N) is 2. The molecule has 0 radical (unpaired) electrons. The molecule has 1 heterocycles. The van der Waals surface area contributed by atoms with Crippen LogP contribution in [0.3, 0.4) is 0 Å². The lowest BCUT2D eigenvalue weighted by atomic mass is 10.00. The Morgan fingerprint density at radius 2 is 1.72 bits per heavy atom. The van der Waals surface area contributed by atoms with Crippen molar-refractivity contribution < 1.29 is 8.42 Å². The van der Waals surface area contributed by atoms with Crippen molar-refractivity contribution in [2.45, 2.75) is 17.7 Å². The van der Waals surface area contributed by atoms with E-state index in [-0.39, 0.29) is 29.7 Å². The zero-order valence-electron chi connectivity index (χ0n) is 16.6. The monoisotopic (exact) mass is 525 g/mol. The maximum absolute atomic E-state index is 12.3. The van der Waals surface area contributed by atoms with E-state index in [1.54, 1.807) is 31.3 Å². The Morgan fingerprint density at radius 3 is 2.31 bits per heavy atom. The smallest absolute Gasteiger partial charge is 0.193 e. The molecule has 0 fully saturated rings. The van der Waals surface area contributed by atoms with Crippen LogP contribution in [0.4, 0.5) is 0 Å². The topological polar surface area (TPSA) is 61.8 Å². The van der Waals surface area contributed by atoms with Crippen LogP contribution in [0.1, 0.15) is 18.4 Å². The van der Waals surface area contributed by atoms with Gasteiger partial charge in [-0.15, -0.1) is 24.0 Å². The van der Waals surface area contributed by atoms with Crippen LogP contribution >= 0.6 is 24.0 Å². The average Bonchev–Trinajstić information content (AvgIpc) is 2.75. The molecule has 29 heavy (non-hydrogen) atoms. The van der Waals surface area contributed by atoms with E-state index in [1.807, 2.05) is 12.1 Å². The van der Waals surface area contributed by atoms with E-state index in [9.17, 15) is 8.42 Å². The molecule has 156 valence electrons. The lowest BCUT2D eigenvalue weighted by Gasteiger charge is -2.29. The lowest BCUT2D eigenvalue weighted by molar-refractivity contribution is 0.440. The molecule has 1 aliphatic heterocycles. The SMILES string of the molecule is CN=C(NCCCS(=O)(=O)c1ccccc1)N1CC=C(c2ccccc2)CC1.I. The lowest BCUT2D eigenvalue weighted by Crippen LogP contribution is -2.44. The van der Waals surface area contributed by atoms with E-state index in [0.717, 1.165) is 25.5 Å². The summed E-state index contributed by atoms with van der Waals surface area (Å²) in [5.74, 6) is 0.944. The summed E-state index contributed by atoms with van der Waals surface area (Å²) in [7, 11) is -1.47. The Morgan fingerprint density at radius 1 is 1.07 bits per heavy atom. The minimum Gasteiger partial charge on any atom is -0.356 e. The maximum Gasteiger partial charge on any atom is 0.193 e. The summed E-state index contributed by atoms with van der Waals surface area (Å²) in [6.45, 7) is 2.26. The Kier molecular flexibility index (Phi) is 9.16. The molecule has 0 saturated heterocycles. The number of rotatable bonds is 6. The Hall–Kier alpha value is -1.87. The second-order valence-corrected chi connectivity index (χ2v) is 8.86. The van der Waals surface area contributed by atoms with Crippen LogP contribution < -0.4 is 5.32 Å². The quantitative estimate of drug-likeness (QED) is 0.270. The van der Waals surface area contributed by atoms with Crippen LogP contribution in [0.15, 0.2) is 76.6 Å². The molecular formula is C22H28IN3O2S. The standard InChI is InChI=1S/C22H27N3O2S.HI/c1-23-22(24-15-8-18-28(26,27)21-11-6-3-7-12-21)25-16-13-20(14-17-25)19-9-4-2-5-10-19;/h2-7,9-13H,8,14-18H2,1H3,(H,23,24);1H. The fraction of sp³-hybridized carbons (Fsp3) is 0.318. The fourth-order valence-corrected chi connectivity index (χ4v) is 4.65. The number of guanidine groups is 1. The summed E-state index contributed by atoms with van der Waals surface area (Å²) in [5, 5.41) is 3.30. The Balaban J connectivity index is 0.00000300. The molecule has 0 aliphatic carbocycles. The molecule has 5 nitrogen and oxygen atoms in total. The van der Waals surface area contributed by atoms with Crippen LogP contribution in [-0.2, 0) is 9.84 Å². The average molecular weight is 525 g/mol. The molecule has 2 aromatic carbocycles. The third kappa shape index (κ3) is 6.57. The molecule has 0 unspecified atom stereocenters. The summed E-state index contributed by atoms with van der Waals surface area (Å²) >= 11 is 0. The van der Waals surface area contributed by atoms with E-state index in [2.05, 4.69) is 45.6 Å². The number of nitrogens with one attached hydrogen (secondary N) is 1. The number of halogens is 1. The Labute approximate surface area is 190 Å². The van der Waals surface area contributed by atoms with E-state index in [1.165, 1.54) is 11.1 Å². The third-order valence-electron chi connectivity index (χ3n) is 4.84. The van der Waals surface area contributed by atoms with Crippen LogP contribution in [0.5, 0.6) is 0 Å². The normalized spacial score (nSPS) is 14.7. The zero-order valence-corrected chi connectivity index (χ0v) is 19.8. The van der Waals surface area contributed by atoms with Crippen LogP contribution in [0.2, 0.25) is 0 Å². The van der Waals surface area contributed by atoms with Gasteiger partial charge in [0.2, 0.25) is 0 Å². The highest BCUT2D eigenvalue weighted by atomic mass is 127. The fourth-order valence-electron chi connectivity index (χ4n) is 3.32. The van der Waals surface area contributed by atoms with E-state index in [0.29, 0.717) is 17.9 Å². The van der Waals surface area contributed by atoms with Gasteiger partial charge in [0.25, 0.3) is 0 Å². The van der Waals surface area contributed by atoms with E-state index in [4.69, 9.17) is 0 Å². The van der Waals surface area contributed by atoms with Gasteiger partial charge in [-0.25, -0.2) is 8.42 Å². The number of hydrogen-bond acceptors (Lipinski definition) is 3. The summed E-state index contributed by atoms with van der Waals surface area (Å²) < 4.78 is 24.7. The molecule has 0 bridgehead atoms. The molecule has 0 saturated carbocycles. The number of hydrogen-bond donors (Lipinski definition) is 1. The minimum absolute atomic E-state index is 0. The molecule has 0 aromatic heterocycles. The molecular weight excluding hydrogens is 497 g/mol. The van der Waals surface area contributed by atoms with Crippen molar-refractivity contribution in [1.29, 1.82) is 0 Å². The van der Waals surface area contributed by atoms with Crippen molar-refractivity contribution in [3.05, 3.63) is 72.3 Å². The molecule has 0 spiro atoms. The second-order valence-electron chi connectivity index (χ2n) is 6.75. The van der Waals surface area contributed by atoms with Gasteiger partial charge in [0.05, 0.1) is 10.6 Å². The van der Waals surface area contributed by atoms with Gasteiger partial charge in [0.15, 0.2) is 15.8 Å². The van der Waals surface area contributed by atoms with Gasteiger partial charge in [-0.3, -0.25) is 4.99 Å². The molecule has 3 rings (SSSR count). The van der Waals surface area contributed by atoms with Gasteiger partial charge in [-0.05, 0) is 36.1 Å². The summed E-state index contributed by atoms with van der Waals surface area (Å²) in [5.41, 5.74) is 2.64. The Bertz CT molecular complexity index is 929. The van der Waals surface area contributed by atoms with Crippen molar-refractivity contribution >= 4 is 45.3 Å². The first kappa shape index (κ1) is 23.4. The van der Waals surface area contributed by atoms with Gasteiger partial charge in [0.1, 0.15) is 0 Å². The minimum atomic E-state index is -3.23. The predicted octanol–water partition coefficient (Wildman–Crippen LogP) is 3.83. The molecule has 1 aliphatic rings. The first-order valence-electron chi connectivity index (χ1n) is 9.58. The predicted molar refractivity (Wildman–Crippen MR) is 130 cm³/mol. The molecule has 2 aromatic rings. The molecule has 7 heteroatoms. The van der Waals surface area contributed by atoms with Crippen molar-refractivity contribution in [2.75, 3.05) is 32.4 Å². The van der Waals surface area contributed by atoms with Gasteiger partial charge < -0.3 is 10.2 Å². The van der Waals surface area contributed by atoms with Crippen molar-refractivity contribution in [2.24, 2.45) is 4.99 Å². The molecule has 1 N–H and O–H groups in total. The number of aliphatic imine (C=N–C) groups is 1. The van der Waals surface area contributed by atoms with Crippen molar-refractivity contribution in [1.82, 2.24) is 10.2 Å². The van der Waals surface area contributed by atoms with Gasteiger partial charge >= 0.3 is 0 Å². The van der Waals surface area contributed by atoms with Gasteiger partial charge in [-0.2, -0.15) is 0 Å². The van der Waals surface area contributed by atoms with Gasteiger partial charge in [0, 0.05) is 26.7 Å². The molecule has 0 amide bonds. The summed E-state index contributed by atoms with van der Waals surface area (Å²) in [4.78, 5) is 6.93. The second kappa shape index (κ2) is 11.3. The van der Waals surface area contributed by atoms with Crippen molar-refractivity contribution in [3.63, 3.8) is 0 Å². The largest absolute Gasteiger partial charge is 0.356 e. The third-order valence-corrected chi connectivity index (χ3v) is 6.66. The zero-order chi connectivity index (χ0) is 19.8. The summed E-state index contributed by atoms with van der Waals surface area (Å²) in [6.07, 6.45) is 3.74. The number of benzene rings is 2. The number of sulfone groups is 1. The van der Waals surface area contributed by atoms with Crippen molar-refractivity contribution in [3.8, 4) is 0 Å². The highest BCUT2D eigenvalue weighted by Gasteiger charge is 2.17. The maximum atomic E-state index is 12.3. The first-order chi connectivity index (χ1) is 13.6. The summed E-state index contributed by atoms with van der Waals surface area (Å²) in [6, 6.07) is 19.0. The van der Waals surface area contributed by atoms with Gasteiger partial charge in [-0.1, -0.05) is 54.6 Å². The van der Waals surface area contributed by atoms with E-state index >= 15 is 0 Å². The van der Waals surface area contributed by atoms with Crippen LogP contribution in [-0.4, -0.2) is 51.7 Å². The highest BCUT2D eigenvalue weighted by molar-refractivity contribution is 14.0. The van der Waals surface area contributed by atoms with Crippen LogP contribution in [0.25, 0.3) is 5.57 Å². The van der Waals surface area contributed by atoms with Crippen LogP contribution in [0, 0.1) is 0 Å².